The molecule has 0 heterocycles. The van der Waals surface area contributed by atoms with Crippen molar-refractivity contribution in [3.8, 4) is 11.5 Å². The van der Waals surface area contributed by atoms with Crippen LogP contribution in [-0.4, -0.2) is 42.8 Å². The maximum absolute atomic E-state index is 13.1. The fourth-order valence-corrected chi connectivity index (χ4v) is 7.69. The topological polar surface area (TPSA) is 197 Å². The molecule has 0 aliphatic rings. The first-order chi connectivity index (χ1) is 24.0. The highest BCUT2D eigenvalue weighted by Crippen LogP contribution is 2.61. The molecule has 0 saturated heterocycles. The maximum atomic E-state index is 13.1. The highest BCUT2D eigenvalue weighted by atomic mass is 31.2. The SMILES string of the molecule is CCC(=C(CC)c1ccc(OC(=O)c2ccc(C)cc2)c(NC(=O)CC(P(=O)(O)O)P(=O)(O)O)c1)c1ccc(OC(=O)c2ccc(C)cc2)cc1. The Morgan fingerprint density at radius 3 is 1.53 bits per heavy atom. The quantitative estimate of drug-likeness (QED) is 0.0395. The monoisotopic (exact) mass is 735 g/mol. The lowest BCUT2D eigenvalue weighted by Crippen LogP contribution is -2.21. The van der Waals surface area contributed by atoms with E-state index in [1.807, 2.05) is 52.0 Å². The van der Waals surface area contributed by atoms with Gasteiger partial charge in [0.15, 0.2) is 11.1 Å². The molecule has 0 radical (unpaired) electrons. The maximum Gasteiger partial charge on any atom is 0.343 e. The largest absolute Gasteiger partial charge is 0.423 e. The van der Waals surface area contributed by atoms with E-state index in [4.69, 9.17) is 9.47 Å². The lowest BCUT2D eigenvalue weighted by atomic mass is 9.91. The average Bonchev–Trinajstić information content (AvgIpc) is 3.07. The van der Waals surface area contributed by atoms with Crippen LogP contribution in [0.25, 0.3) is 11.1 Å². The van der Waals surface area contributed by atoms with E-state index in [0.29, 0.717) is 29.7 Å². The van der Waals surface area contributed by atoms with Gasteiger partial charge in [0.25, 0.3) is 0 Å². The second-order valence-electron chi connectivity index (χ2n) is 11.8. The van der Waals surface area contributed by atoms with Crippen LogP contribution < -0.4 is 14.8 Å². The smallest absolute Gasteiger partial charge is 0.343 e. The van der Waals surface area contributed by atoms with Crippen LogP contribution in [0.15, 0.2) is 91.0 Å². The Balaban J connectivity index is 1.69. The molecule has 268 valence electrons. The van der Waals surface area contributed by atoms with E-state index in [1.54, 1.807) is 54.6 Å². The third-order valence-electron chi connectivity index (χ3n) is 8.01. The fraction of sp³-hybridized carbons (Fsp3) is 0.216. The van der Waals surface area contributed by atoms with Gasteiger partial charge in [-0.05, 0) is 97.5 Å². The number of carbonyl (C=O) groups excluding carboxylic acids is 3. The summed E-state index contributed by atoms with van der Waals surface area (Å²) < 4.78 is 34.9. The molecule has 14 heteroatoms. The molecule has 12 nitrogen and oxygen atoms in total. The molecule has 0 atom stereocenters. The predicted molar refractivity (Wildman–Crippen MR) is 194 cm³/mol. The van der Waals surface area contributed by atoms with E-state index >= 15 is 0 Å². The Labute approximate surface area is 295 Å². The number of carbonyl (C=O) groups is 3. The molecule has 0 aromatic heterocycles. The molecule has 0 bridgehead atoms. The van der Waals surface area contributed by atoms with Gasteiger partial charge in [-0.1, -0.05) is 67.4 Å². The standard InChI is InChI=1S/C37H39NO11P2/c1-5-30(25-15-18-29(19-16-25)48-36(40)26-11-7-23(3)8-12-26)31(6-2)28-17-20-33(49-37(41)27-13-9-24(4)10-14-27)32(21-28)38-34(39)22-35(50(42,43)44)51(45,46)47/h7-21,35H,5-6,22H2,1-4H3,(H,38,39)(H2,42,43,44)(H2,45,46,47). The number of anilines is 1. The molecule has 5 N–H and O–H groups in total. The predicted octanol–water partition coefficient (Wildman–Crippen LogP) is 7.48. The molecule has 4 aromatic carbocycles. The normalized spacial score (nSPS) is 12.3. The van der Waals surface area contributed by atoms with E-state index in [-0.39, 0.29) is 17.0 Å². The highest BCUT2D eigenvalue weighted by Gasteiger charge is 2.44. The summed E-state index contributed by atoms with van der Waals surface area (Å²) in [5.74, 6) is -2.11. The van der Waals surface area contributed by atoms with Gasteiger partial charge in [0.2, 0.25) is 5.91 Å². The van der Waals surface area contributed by atoms with Crippen molar-refractivity contribution in [2.75, 3.05) is 5.32 Å². The molecule has 4 aromatic rings. The Morgan fingerprint density at radius 2 is 1.06 bits per heavy atom. The van der Waals surface area contributed by atoms with E-state index < -0.39 is 44.9 Å². The zero-order valence-electron chi connectivity index (χ0n) is 28.4. The molecule has 0 unspecified atom stereocenters. The highest BCUT2D eigenvalue weighted by molar-refractivity contribution is 7.70. The van der Waals surface area contributed by atoms with Gasteiger partial charge in [0.1, 0.15) is 5.75 Å². The van der Waals surface area contributed by atoms with Gasteiger partial charge in [0, 0.05) is 0 Å². The van der Waals surface area contributed by atoms with Gasteiger partial charge in [-0.15, -0.1) is 0 Å². The van der Waals surface area contributed by atoms with Crippen LogP contribution in [0, 0.1) is 13.8 Å². The number of nitrogens with one attached hydrogen (secondary N) is 1. The van der Waals surface area contributed by atoms with Crippen LogP contribution in [0.4, 0.5) is 5.69 Å². The van der Waals surface area contributed by atoms with Gasteiger partial charge in [-0.3, -0.25) is 13.9 Å². The first-order valence-electron chi connectivity index (χ1n) is 15.9. The van der Waals surface area contributed by atoms with Crippen LogP contribution >= 0.6 is 15.2 Å². The summed E-state index contributed by atoms with van der Waals surface area (Å²) in [5, 5.41) is -0.131. The van der Waals surface area contributed by atoms with Crippen molar-refractivity contribution < 1.29 is 52.6 Å². The lowest BCUT2D eigenvalue weighted by molar-refractivity contribution is -0.116. The Morgan fingerprint density at radius 1 is 0.627 bits per heavy atom. The molecule has 0 spiro atoms. The molecule has 4 rings (SSSR count). The molecule has 0 aliphatic heterocycles. The molecule has 51 heavy (non-hydrogen) atoms. The molecule has 0 saturated carbocycles. The Hall–Kier alpha value is -4.67. The second-order valence-corrected chi connectivity index (χ2v) is 15.8. The van der Waals surface area contributed by atoms with Crippen molar-refractivity contribution in [1.82, 2.24) is 0 Å². The van der Waals surface area contributed by atoms with Crippen molar-refractivity contribution in [1.29, 1.82) is 0 Å². The zero-order valence-corrected chi connectivity index (χ0v) is 30.2. The minimum atomic E-state index is -5.39. The summed E-state index contributed by atoms with van der Waals surface area (Å²) in [6.45, 7) is 7.66. The van der Waals surface area contributed by atoms with Gasteiger partial charge >= 0.3 is 27.1 Å². The molecular formula is C37H39NO11P2. The molecule has 1 amide bonds. The summed E-state index contributed by atoms with van der Waals surface area (Å²) in [5.41, 5.74) is 5.71. The number of amides is 1. The number of rotatable bonds is 13. The summed E-state index contributed by atoms with van der Waals surface area (Å²) in [7, 11) is -10.8. The molecular weight excluding hydrogens is 696 g/mol. The first kappa shape index (κ1) is 39.1. The Kier molecular flexibility index (Phi) is 12.7. The molecule has 0 aliphatic carbocycles. The number of benzene rings is 4. The van der Waals surface area contributed by atoms with Gasteiger partial charge in [0.05, 0.1) is 23.2 Å². The minimum Gasteiger partial charge on any atom is -0.423 e. The van der Waals surface area contributed by atoms with Crippen molar-refractivity contribution in [2.45, 2.75) is 52.4 Å². The van der Waals surface area contributed by atoms with Crippen molar-refractivity contribution >= 4 is 49.9 Å². The van der Waals surface area contributed by atoms with Crippen molar-refractivity contribution in [2.24, 2.45) is 0 Å². The van der Waals surface area contributed by atoms with Gasteiger partial charge < -0.3 is 34.4 Å². The van der Waals surface area contributed by atoms with E-state index in [0.717, 1.165) is 27.8 Å². The third-order valence-corrected chi connectivity index (χ3v) is 11.7. The fourth-order valence-electron chi connectivity index (χ4n) is 5.32. The zero-order chi connectivity index (χ0) is 37.5. The second kappa shape index (κ2) is 16.6. The first-order valence-corrected chi connectivity index (χ1v) is 19.3. The van der Waals surface area contributed by atoms with Crippen LogP contribution in [0.5, 0.6) is 11.5 Å². The summed E-state index contributed by atoms with van der Waals surface area (Å²) in [6.07, 6.45) is -0.118. The number of ether oxygens (including phenoxy) is 2. The van der Waals surface area contributed by atoms with E-state index in [9.17, 15) is 43.1 Å². The number of allylic oxidation sites excluding steroid dienone is 2. The lowest BCUT2D eigenvalue weighted by Gasteiger charge is -2.20. The van der Waals surface area contributed by atoms with Crippen LogP contribution in [0.2, 0.25) is 0 Å². The number of aryl methyl sites for hydroxylation is 2. The van der Waals surface area contributed by atoms with E-state index in [2.05, 4.69) is 5.32 Å². The number of hydrogen-bond acceptors (Lipinski definition) is 7. The van der Waals surface area contributed by atoms with Crippen LogP contribution in [-0.2, 0) is 13.9 Å². The number of esters is 2. The van der Waals surface area contributed by atoms with Gasteiger partial charge in [-0.2, -0.15) is 0 Å². The van der Waals surface area contributed by atoms with Crippen molar-refractivity contribution in [3.63, 3.8) is 0 Å². The molecule has 0 fully saturated rings. The minimum absolute atomic E-state index is 0.0621. The van der Waals surface area contributed by atoms with Crippen molar-refractivity contribution in [3.05, 3.63) is 124 Å². The summed E-state index contributed by atoms with van der Waals surface area (Å²) in [6, 6.07) is 25.3. The number of hydrogen-bond donors (Lipinski definition) is 5. The Bertz CT molecular complexity index is 2010. The van der Waals surface area contributed by atoms with Crippen LogP contribution in [0.3, 0.4) is 0 Å². The van der Waals surface area contributed by atoms with Crippen LogP contribution in [0.1, 0.15) is 76.1 Å². The van der Waals surface area contributed by atoms with E-state index in [1.165, 1.54) is 12.1 Å². The average molecular weight is 736 g/mol. The third kappa shape index (κ3) is 10.4. The summed E-state index contributed by atoms with van der Waals surface area (Å²) in [4.78, 5) is 76.9. The van der Waals surface area contributed by atoms with Gasteiger partial charge in [-0.25, -0.2) is 9.59 Å². The summed E-state index contributed by atoms with van der Waals surface area (Å²) >= 11 is 0.